The fraction of sp³-hybridized carbons (Fsp3) is 0.412. The van der Waals surface area contributed by atoms with Crippen LogP contribution in [0.3, 0.4) is 0 Å². The summed E-state index contributed by atoms with van der Waals surface area (Å²) >= 11 is 4.09. The Hall–Kier alpha value is -0.840. The van der Waals surface area contributed by atoms with Gasteiger partial charge in [0.15, 0.2) is 0 Å². The Labute approximate surface area is 135 Å². The Morgan fingerprint density at radius 3 is 2.71 bits per heavy atom. The first-order valence-corrected chi connectivity index (χ1v) is 9.15. The Bertz CT molecular complexity index is 519. The molecule has 1 aromatic rings. The van der Waals surface area contributed by atoms with E-state index in [0.717, 1.165) is 6.42 Å². The first-order valence-electron chi connectivity index (χ1n) is 7.17. The van der Waals surface area contributed by atoms with Crippen molar-refractivity contribution in [2.75, 3.05) is 18.6 Å². The van der Waals surface area contributed by atoms with E-state index in [4.69, 9.17) is 9.47 Å². The third-order valence-electron chi connectivity index (χ3n) is 3.72. The number of hydrogen-bond acceptors (Lipinski definition) is 4. The fourth-order valence-electron chi connectivity index (χ4n) is 2.72. The maximum atomic E-state index is 6.11. The summed E-state index contributed by atoms with van der Waals surface area (Å²) in [5.74, 6) is 2.43. The number of ether oxygens (including phenoxy) is 2. The molecule has 2 aliphatic rings. The normalized spacial score (nSPS) is 23.9. The number of hydrogen-bond donors (Lipinski definition) is 0. The van der Waals surface area contributed by atoms with Gasteiger partial charge in [-0.25, -0.2) is 0 Å². The van der Waals surface area contributed by atoms with E-state index < -0.39 is 0 Å². The molecule has 0 unspecified atom stereocenters. The van der Waals surface area contributed by atoms with Gasteiger partial charge in [-0.05, 0) is 17.2 Å². The molecule has 0 saturated carbocycles. The van der Waals surface area contributed by atoms with Crippen LogP contribution in [0.2, 0.25) is 0 Å². The largest absolute Gasteiger partial charge is 0.504 e. The van der Waals surface area contributed by atoms with Gasteiger partial charge >= 0.3 is 0 Å². The predicted molar refractivity (Wildman–Crippen MR) is 91.5 cm³/mol. The Morgan fingerprint density at radius 2 is 2.00 bits per heavy atom. The van der Waals surface area contributed by atoms with Crippen LogP contribution in [0.25, 0.3) is 0 Å². The monoisotopic (exact) mass is 320 g/mol. The van der Waals surface area contributed by atoms with Crippen LogP contribution in [-0.4, -0.2) is 28.8 Å². The maximum absolute atomic E-state index is 6.11. The van der Waals surface area contributed by atoms with Crippen molar-refractivity contribution in [3.8, 4) is 0 Å². The van der Waals surface area contributed by atoms with Crippen molar-refractivity contribution in [2.45, 2.75) is 23.2 Å². The minimum Gasteiger partial charge on any atom is -0.504 e. The number of rotatable bonds is 5. The molecule has 1 aromatic carbocycles. The summed E-state index contributed by atoms with van der Waals surface area (Å²) < 4.78 is 11.4. The van der Waals surface area contributed by atoms with Gasteiger partial charge in [0.25, 0.3) is 0 Å². The van der Waals surface area contributed by atoms with Crippen molar-refractivity contribution in [1.82, 2.24) is 0 Å². The van der Waals surface area contributed by atoms with Crippen molar-refractivity contribution in [3.05, 3.63) is 59.9 Å². The second-order valence-corrected chi connectivity index (χ2v) is 8.20. The van der Waals surface area contributed by atoms with Crippen LogP contribution >= 0.6 is 23.5 Å². The molecule has 4 heteroatoms. The molecule has 1 saturated heterocycles. The highest BCUT2D eigenvalue weighted by atomic mass is 32.2. The molecule has 0 bridgehead atoms. The molecule has 0 aromatic heterocycles. The minimum atomic E-state index is 0.177. The van der Waals surface area contributed by atoms with E-state index in [2.05, 4.69) is 36.4 Å². The molecule has 1 atom stereocenters. The lowest BCUT2D eigenvalue weighted by Crippen LogP contribution is -2.19. The SMILES string of the molecule is CO/C=C/C1=C[C@H](OCc2ccccc2)CC12SCCS2. The Kier molecular flexibility index (Phi) is 4.99. The Balaban J connectivity index is 1.67. The molecule has 0 N–H and O–H groups in total. The predicted octanol–water partition coefficient (Wildman–Crippen LogP) is 4.24. The van der Waals surface area contributed by atoms with Gasteiger partial charge in [-0.3, -0.25) is 0 Å². The molecule has 0 amide bonds. The van der Waals surface area contributed by atoms with Crippen molar-refractivity contribution in [3.63, 3.8) is 0 Å². The number of allylic oxidation sites excluding steroid dienone is 1. The molecule has 0 radical (unpaired) electrons. The van der Waals surface area contributed by atoms with Crippen LogP contribution < -0.4 is 0 Å². The van der Waals surface area contributed by atoms with Crippen LogP contribution in [0.5, 0.6) is 0 Å². The lowest BCUT2D eigenvalue weighted by Gasteiger charge is -2.24. The summed E-state index contributed by atoms with van der Waals surface area (Å²) in [5, 5.41) is 0. The summed E-state index contributed by atoms with van der Waals surface area (Å²) in [6, 6.07) is 10.4. The molecular weight excluding hydrogens is 300 g/mol. The van der Waals surface area contributed by atoms with Gasteiger partial charge in [0, 0.05) is 17.9 Å². The maximum Gasteiger partial charge on any atom is 0.0887 e. The zero-order valence-electron chi connectivity index (χ0n) is 12.2. The molecule has 1 aliphatic carbocycles. The topological polar surface area (TPSA) is 18.5 Å². The molecule has 1 heterocycles. The lowest BCUT2D eigenvalue weighted by atomic mass is 10.2. The van der Waals surface area contributed by atoms with Crippen LogP contribution in [0.1, 0.15) is 12.0 Å². The van der Waals surface area contributed by atoms with E-state index in [1.807, 2.05) is 29.6 Å². The van der Waals surface area contributed by atoms with Crippen molar-refractivity contribution < 1.29 is 9.47 Å². The van der Waals surface area contributed by atoms with Crippen molar-refractivity contribution in [2.24, 2.45) is 0 Å². The molecule has 2 nitrogen and oxygen atoms in total. The molecule has 1 aliphatic heterocycles. The number of thioether (sulfide) groups is 2. The van der Waals surface area contributed by atoms with Crippen LogP contribution in [-0.2, 0) is 16.1 Å². The quantitative estimate of drug-likeness (QED) is 0.755. The van der Waals surface area contributed by atoms with Gasteiger partial charge in [-0.15, -0.1) is 23.5 Å². The van der Waals surface area contributed by atoms with Crippen LogP contribution in [0.15, 0.2) is 54.3 Å². The van der Waals surface area contributed by atoms with Crippen LogP contribution in [0.4, 0.5) is 0 Å². The third kappa shape index (κ3) is 3.50. The molecule has 3 rings (SSSR count). The van der Waals surface area contributed by atoms with E-state index in [-0.39, 0.29) is 10.2 Å². The minimum absolute atomic E-state index is 0.177. The van der Waals surface area contributed by atoms with Gasteiger partial charge in [-0.1, -0.05) is 36.4 Å². The second kappa shape index (κ2) is 6.95. The first kappa shape index (κ1) is 15.1. The summed E-state index contributed by atoms with van der Waals surface area (Å²) in [6.07, 6.45) is 7.38. The molecule has 1 spiro atoms. The van der Waals surface area contributed by atoms with E-state index in [1.54, 1.807) is 13.4 Å². The van der Waals surface area contributed by atoms with E-state index in [1.165, 1.54) is 22.6 Å². The standard InChI is InChI=1S/C17H20O2S2/c1-18-8-7-15-11-16(12-17(15)20-9-10-21-17)19-13-14-5-3-2-4-6-14/h2-8,11,16H,9-10,12-13H2,1H3/b8-7+/t16-/m0/s1. The molecular formula is C17H20O2S2. The zero-order chi connectivity index (χ0) is 14.5. The smallest absolute Gasteiger partial charge is 0.0887 e. The van der Waals surface area contributed by atoms with E-state index >= 15 is 0 Å². The van der Waals surface area contributed by atoms with E-state index in [9.17, 15) is 0 Å². The van der Waals surface area contributed by atoms with Gasteiger partial charge in [0.2, 0.25) is 0 Å². The average molecular weight is 320 g/mol. The lowest BCUT2D eigenvalue weighted by molar-refractivity contribution is 0.0718. The molecule has 1 fully saturated rings. The summed E-state index contributed by atoms with van der Waals surface area (Å²) in [6.45, 7) is 0.675. The summed E-state index contributed by atoms with van der Waals surface area (Å²) in [5.41, 5.74) is 2.57. The van der Waals surface area contributed by atoms with Crippen molar-refractivity contribution in [1.29, 1.82) is 0 Å². The number of methoxy groups -OCH3 is 1. The van der Waals surface area contributed by atoms with E-state index in [0.29, 0.717) is 6.61 Å². The first-order chi connectivity index (χ1) is 10.3. The van der Waals surface area contributed by atoms with Gasteiger partial charge in [0.05, 0.1) is 30.2 Å². The third-order valence-corrected chi connectivity index (χ3v) is 7.24. The summed E-state index contributed by atoms with van der Waals surface area (Å²) in [7, 11) is 1.69. The van der Waals surface area contributed by atoms with Crippen LogP contribution in [0, 0.1) is 0 Å². The highest BCUT2D eigenvalue weighted by molar-refractivity contribution is 8.21. The van der Waals surface area contributed by atoms with Crippen molar-refractivity contribution >= 4 is 23.5 Å². The molecule has 21 heavy (non-hydrogen) atoms. The Morgan fingerprint density at radius 1 is 1.24 bits per heavy atom. The van der Waals surface area contributed by atoms with Gasteiger partial charge < -0.3 is 9.47 Å². The van der Waals surface area contributed by atoms with Gasteiger partial charge in [-0.2, -0.15) is 0 Å². The average Bonchev–Trinajstić information content (AvgIpc) is 3.12. The fourth-order valence-corrected chi connectivity index (χ4v) is 6.05. The second-order valence-electron chi connectivity index (χ2n) is 5.15. The zero-order valence-corrected chi connectivity index (χ0v) is 13.8. The molecule has 112 valence electrons. The number of benzene rings is 1. The highest BCUT2D eigenvalue weighted by Crippen LogP contribution is 2.55. The summed E-state index contributed by atoms with van der Waals surface area (Å²) in [4.78, 5) is 0. The van der Waals surface area contributed by atoms with Gasteiger partial charge in [0.1, 0.15) is 0 Å². The highest BCUT2D eigenvalue weighted by Gasteiger charge is 2.44.